The van der Waals surface area contributed by atoms with Crippen LogP contribution >= 0.6 is 0 Å². The van der Waals surface area contributed by atoms with Crippen molar-refractivity contribution in [2.24, 2.45) is 5.41 Å². The van der Waals surface area contributed by atoms with Crippen LogP contribution in [0.2, 0.25) is 0 Å². The van der Waals surface area contributed by atoms with E-state index >= 15 is 0 Å². The van der Waals surface area contributed by atoms with Gasteiger partial charge in [-0.15, -0.1) is 0 Å². The van der Waals surface area contributed by atoms with Gasteiger partial charge in [0.1, 0.15) is 11.5 Å². The van der Waals surface area contributed by atoms with Crippen LogP contribution < -0.4 is 9.47 Å². The molecule has 0 bridgehead atoms. The first kappa shape index (κ1) is 13.9. The molecule has 0 aliphatic heterocycles. The molecule has 1 aliphatic carbocycles. The molecule has 0 saturated heterocycles. The third-order valence-corrected chi connectivity index (χ3v) is 4.36. The molecule has 1 N–H and O–H groups in total. The Morgan fingerprint density at radius 1 is 1.26 bits per heavy atom. The topological polar surface area (TPSA) is 38.7 Å². The summed E-state index contributed by atoms with van der Waals surface area (Å²) in [7, 11) is 1.64. The van der Waals surface area contributed by atoms with Crippen molar-refractivity contribution in [1.82, 2.24) is 0 Å². The number of benzene rings is 1. The summed E-state index contributed by atoms with van der Waals surface area (Å²) in [4.78, 5) is 0. The van der Waals surface area contributed by atoms with Gasteiger partial charge in [0.15, 0.2) is 0 Å². The van der Waals surface area contributed by atoms with Crippen LogP contribution in [0.5, 0.6) is 11.5 Å². The Morgan fingerprint density at radius 3 is 2.26 bits per heavy atom. The number of aliphatic hydroxyl groups is 1. The first-order chi connectivity index (χ1) is 8.91. The van der Waals surface area contributed by atoms with Gasteiger partial charge in [-0.1, -0.05) is 13.5 Å². The minimum Gasteiger partial charge on any atom is -0.497 e. The number of methoxy groups -OCH3 is 1. The minimum atomic E-state index is -0.792. The van der Waals surface area contributed by atoms with E-state index in [1.54, 1.807) is 7.11 Å². The SMILES string of the molecule is C=C(C)C1(O)CCC1(C)COc1ccc(OC)cc1. The lowest BCUT2D eigenvalue weighted by molar-refractivity contribution is -0.145. The normalized spacial score (nSPS) is 29.5. The number of hydrogen-bond acceptors (Lipinski definition) is 3. The average Bonchev–Trinajstić information content (AvgIpc) is 2.42. The molecule has 0 heterocycles. The van der Waals surface area contributed by atoms with Crippen LogP contribution in [0.1, 0.15) is 26.7 Å². The predicted molar refractivity (Wildman–Crippen MR) is 75.6 cm³/mol. The second kappa shape index (κ2) is 4.89. The highest BCUT2D eigenvalue weighted by molar-refractivity contribution is 5.31. The summed E-state index contributed by atoms with van der Waals surface area (Å²) >= 11 is 0. The van der Waals surface area contributed by atoms with Crippen LogP contribution in [-0.2, 0) is 0 Å². The molecule has 19 heavy (non-hydrogen) atoms. The quantitative estimate of drug-likeness (QED) is 0.828. The fourth-order valence-corrected chi connectivity index (χ4v) is 2.62. The second-order valence-corrected chi connectivity index (χ2v) is 5.67. The van der Waals surface area contributed by atoms with Crippen molar-refractivity contribution >= 4 is 0 Å². The van der Waals surface area contributed by atoms with Gasteiger partial charge in [0.2, 0.25) is 0 Å². The summed E-state index contributed by atoms with van der Waals surface area (Å²) in [6.45, 7) is 8.32. The molecule has 2 unspecified atom stereocenters. The molecule has 0 spiro atoms. The van der Waals surface area contributed by atoms with Gasteiger partial charge in [0.25, 0.3) is 0 Å². The molecular formula is C16H22O3. The van der Waals surface area contributed by atoms with Crippen molar-refractivity contribution in [3.63, 3.8) is 0 Å². The maximum Gasteiger partial charge on any atom is 0.119 e. The van der Waals surface area contributed by atoms with E-state index in [2.05, 4.69) is 13.5 Å². The first-order valence-electron chi connectivity index (χ1n) is 6.56. The summed E-state index contributed by atoms with van der Waals surface area (Å²) in [6.07, 6.45) is 1.72. The maximum atomic E-state index is 10.6. The molecule has 3 heteroatoms. The first-order valence-corrected chi connectivity index (χ1v) is 6.56. The molecule has 1 saturated carbocycles. The Labute approximate surface area is 114 Å². The van der Waals surface area contributed by atoms with E-state index in [1.165, 1.54) is 0 Å². The third-order valence-electron chi connectivity index (χ3n) is 4.36. The van der Waals surface area contributed by atoms with Crippen molar-refractivity contribution in [3.8, 4) is 11.5 Å². The van der Waals surface area contributed by atoms with Crippen LogP contribution in [-0.4, -0.2) is 24.4 Å². The minimum absolute atomic E-state index is 0.251. The molecule has 1 aromatic carbocycles. The van der Waals surface area contributed by atoms with E-state index in [0.717, 1.165) is 29.9 Å². The molecule has 104 valence electrons. The molecule has 2 atom stereocenters. The summed E-state index contributed by atoms with van der Waals surface area (Å²) in [6, 6.07) is 7.48. The van der Waals surface area contributed by atoms with Crippen LogP contribution in [0, 0.1) is 5.41 Å². The molecule has 0 radical (unpaired) electrons. The predicted octanol–water partition coefficient (Wildman–Crippen LogP) is 3.18. The smallest absolute Gasteiger partial charge is 0.119 e. The lowest BCUT2D eigenvalue weighted by atomic mass is 9.55. The van der Waals surface area contributed by atoms with E-state index < -0.39 is 5.60 Å². The van der Waals surface area contributed by atoms with Gasteiger partial charge in [0.05, 0.1) is 19.3 Å². The Bertz CT molecular complexity index is 465. The van der Waals surface area contributed by atoms with E-state index in [0.29, 0.717) is 6.61 Å². The molecular weight excluding hydrogens is 240 g/mol. The highest BCUT2D eigenvalue weighted by Gasteiger charge is 2.56. The van der Waals surface area contributed by atoms with Crippen molar-refractivity contribution in [2.75, 3.05) is 13.7 Å². The van der Waals surface area contributed by atoms with Gasteiger partial charge in [0, 0.05) is 5.41 Å². The summed E-state index contributed by atoms with van der Waals surface area (Å²) in [5, 5.41) is 10.6. The Hall–Kier alpha value is -1.48. The highest BCUT2D eigenvalue weighted by atomic mass is 16.5. The Morgan fingerprint density at radius 2 is 1.84 bits per heavy atom. The zero-order valence-corrected chi connectivity index (χ0v) is 11.9. The van der Waals surface area contributed by atoms with Gasteiger partial charge in [-0.05, 0) is 49.6 Å². The highest BCUT2D eigenvalue weighted by Crippen LogP contribution is 2.53. The van der Waals surface area contributed by atoms with Crippen molar-refractivity contribution in [3.05, 3.63) is 36.4 Å². The zero-order valence-electron chi connectivity index (χ0n) is 11.9. The zero-order chi connectivity index (χ0) is 14.1. The lowest BCUT2D eigenvalue weighted by Gasteiger charge is -2.54. The van der Waals surface area contributed by atoms with Crippen LogP contribution in [0.3, 0.4) is 0 Å². The summed E-state index contributed by atoms with van der Waals surface area (Å²) in [5.41, 5.74) is -0.224. The van der Waals surface area contributed by atoms with Gasteiger partial charge in [-0.3, -0.25) is 0 Å². The third kappa shape index (κ3) is 2.35. The Balaban J connectivity index is 2.00. The van der Waals surface area contributed by atoms with Crippen molar-refractivity contribution in [2.45, 2.75) is 32.3 Å². The average molecular weight is 262 g/mol. The fourth-order valence-electron chi connectivity index (χ4n) is 2.62. The van der Waals surface area contributed by atoms with E-state index in [9.17, 15) is 5.11 Å². The second-order valence-electron chi connectivity index (χ2n) is 5.67. The van der Waals surface area contributed by atoms with Gasteiger partial charge < -0.3 is 14.6 Å². The largest absolute Gasteiger partial charge is 0.497 e. The standard InChI is InChI=1S/C16H22O3/c1-12(2)16(17)10-9-15(16,3)11-19-14-7-5-13(18-4)6-8-14/h5-8,17H,1,9-11H2,2-4H3. The number of ether oxygens (including phenoxy) is 2. The molecule has 1 fully saturated rings. The van der Waals surface area contributed by atoms with Crippen LogP contribution in [0.4, 0.5) is 0 Å². The molecule has 1 aliphatic rings. The summed E-state index contributed by atoms with van der Waals surface area (Å²) in [5.74, 6) is 1.60. The molecule has 2 rings (SSSR count). The van der Waals surface area contributed by atoms with Gasteiger partial charge in [-0.25, -0.2) is 0 Å². The van der Waals surface area contributed by atoms with Crippen molar-refractivity contribution < 1.29 is 14.6 Å². The maximum absolute atomic E-state index is 10.6. The molecule has 0 aromatic heterocycles. The van der Waals surface area contributed by atoms with E-state index in [-0.39, 0.29) is 5.41 Å². The monoisotopic (exact) mass is 262 g/mol. The number of rotatable bonds is 5. The van der Waals surface area contributed by atoms with E-state index in [4.69, 9.17) is 9.47 Å². The molecule has 1 aromatic rings. The van der Waals surface area contributed by atoms with Crippen LogP contribution in [0.25, 0.3) is 0 Å². The Kier molecular flexibility index (Phi) is 3.59. The lowest BCUT2D eigenvalue weighted by Crippen LogP contribution is -2.59. The van der Waals surface area contributed by atoms with E-state index in [1.807, 2.05) is 31.2 Å². The fraction of sp³-hybridized carbons (Fsp3) is 0.500. The molecule has 3 nitrogen and oxygen atoms in total. The number of hydrogen-bond donors (Lipinski definition) is 1. The van der Waals surface area contributed by atoms with Gasteiger partial charge >= 0.3 is 0 Å². The van der Waals surface area contributed by atoms with Crippen molar-refractivity contribution in [1.29, 1.82) is 0 Å². The van der Waals surface area contributed by atoms with Gasteiger partial charge in [-0.2, -0.15) is 0 Å². The summed E-state index contributed by atoms with van der Waals surface area (Å²) < 4.78 is 10.9. The van der Waals surface area contributed by atoms with Crippen LogP contribution in [0.15, 0.2) is 36.4 Å². The molecule has 0 amide bonds.